The molecule has 1 fully saturated rings. The second-order valence-electron chi connectivity index (χ2n) is 8.16. The van der Waals surface area contributed by atoms with E-state index in [4.69, 9.17) is 14.2 Å². The number of allylic oxidation sites excluding steroid dienone is 3. The van der Waals surface area contributed by atoms with Crippen molar-refractivity contribution >= 4 is 11.8 Å². The number of hydrogen-bond acceptors (Lipinski definition) is 7. The van der Waals surface area contributed by atoms with Crippen molar-refractivity contribution in [1.29, 1.82) is 0 Å². The molecule has 2 heterocycles. The lowest BCUT2D eigenvalue weighted by molar-refractivity contribution is -0.142. The van der Waals surface area contributed by atoms with Crippen molar-refractivity contribution in [3.05, 3.63) is 46.3 Å². The molecule has 0 radical (unpaired) electrons. The van der Waals surface area contributed by atoms with E-state index in [1.165, 1.54) is 0 Å². The topological polar surface area (TPSA) is 94.1 Å². The van der Waals surface area contributed by atoms with Crippen molar-refractivity contribution in [3.8, 4) is 11.5 Å². The molecule has 0 saturated carbocycles. The summed E-state index contributed by atoms with van der Waals surface area (Å²) in [5.74, 6) is -0.649. The number of hydrogen-bond donors (Lipinski definition) is 2. The first kappa shape index (κ1) is 21.4. The fourth-order valence-electron chi connectivity index (χ4n) is 4.59. The van der Waals surface area contributed by atoms with E-state index in [9.17, 15) is 14.7 Å². The number of Topliss-reactive ketones (excluding diaryl/α,β-unsaturated/α-hetero) is 1. The van der Waals surface area contributed by atoms with Crippen molar-refractivity contribution in [1.82, 2.24) is 5.32 Å². The molecule has 0 unspecified atom stereocenters. The van der Waals surface area contributed by atoms with Crippen LogP contribution in [0.15, 0.2) is 40.7 Å². The van der Waals surface area contributed by atoms with Crippen LogP contribution < -0.4 is 10.1 Å². The number of aromatic hydroxyl groups is 1. The number of rotatable bonds is 6. The molecule has 0 amide bonds. The lowest BCUT2D eigenvalue weighted by atomic mass is 9.75. The van der Waals surface area contributed by atoms with Crippen molar-refractivity contribution in [2.45, 2.75) is 58.0 Å². The van der Waals surface area contributed by atoms with Crippen LogP contribution in [0.25, 0.3) is 0 Å². The van der Waals surface area contributed by atoms with E-state index >= 15 is 0 Å². The van der Waals surface area contributed by atoms with Gasteiger partial charge >= 0.3 is 5.97 Å². The van der Waals surface area contributed by atoms with Gasteiger partial charge in [-0.15, -0.1) is 0 Å². The zero-order valence-electron chi connectivity index (χ0n) is 18.0. The third-order valence-electron chi connectivity index (χ3n) is 6.04. The maximum atomic E-state index is 13.2. The van der Waals surface area contributed by atoms with Gasteiger partial charge in [-0.25, -0.2) is 4.79 Å². The summed E-state index contributed by atoms with van der Waals surface area (Å²) in [5.41, 5.74) is 3.28. The normalized spacial score (nSPS) is 23.5. The number of ketones is 1. The quantitative estimate of drug-likeness (QED) is 0.671. The molecule has 7 heteroatoms. The van der Waals surface area contributed by atoms with Crippen LogP contribution in [0.3, 0.4) is 0 Å². The van der Waals surface area contributed by atoms with Crippen molar-refractivity contribution in [2.75, 3.05) is 19.8 Å². The lowest BCUT2D eigenvalue weighted by Crippen LogP contribution is -2.35. The molecule has 1 aliphatic carbocycles. The average molecular weight is 427 g/mol. The monoisotopic (exact) mass is 427 g/mol. The van der Waals surface area contributed by atoms with Gasteiger partial charge in [0.05, 0.1) is 18.3 Å². The van der Waals surface area contributed by atoms with Crippen LogP contribution >= 0.6 is 0 Å². The van der Waals surface area contributed by atoms with Crippen LogP contribution in [-0.4, -0.2) is 42.8 Å². The Morgan fingerprint density at radius 1 is 1.29 bits per heavy atom. The highest BCUT2D eigenvalue weighted by atomic mass is 16.6. The Balaban J connectivity index is 1.72. The van der Waals surface area contributed by atoms with E-state index in [1.807, 2.05) is 13.8 Å². The number of nitrogens with one attached hydrogen (secondary N) is 1. The number of esters is 1. The van der Waals surface area contributed by atoms with Crippen LogP contribution in [0.2, 0.25) is 0 Å². The van der Waals surface area contributed by atoms with Gasteiger partial charge < -0.3 is 24.6 Å². The summed E-state index contributed by atoms with van der Waals surface area (Å²) in [4.78, 5) is 26.2. The molecule has 3 aliphatic rings. The number of dihydropyridines is 1. The van der Waals surface area contributed by atoms with Gasteiger partial charge in [0, 0.05) is 35.9 Å². The SMILES string of the molecule is CCOc1cc([C@H]2C(C(=O)OC[C@@H]3CCCO3)=C(C)NC3=C2C(=O)CCC3)ccc1O. The van der Waals surface area contributed by atoms with E-state index < -0.39 is 11.9 Å². The predicted molar refractivity (Wildman–Crippen MR) is 114 cm³/mol. The third kappa shape index (κ3) is 4.32. The highest BCUT2D eigenvalue weighted by Gasteiger charge is 2.39. The minimum Gasteiger partial charge on any atom is -0.504 e. The van der Waals surface area contributed by atoms with Gasteiger partial charge in [-0.1, -0.05) is 6.07 Å². The molecule has 2 aliphatic heterocycles. The zero-order chi connectivity index (χ0) is 22.0. The van der Waals surface area contributed by atoms with Crippen molar-refractivity contribution in [3.63, 3.8) is 0 Å². The fraction of sp³-hybridized carbons (Fsp3) is 0.500. The largest absolute Gasteiger partial charge is 0.504 e. The molecule has 0 spiro atoms. The van der Waals surface area contributed by atoms with Gasteiger partial charge in [-0.05, 0) is 57.2 Å². The number of carbonyl (C=O) groups is 2. The van der Waals surface area contributed by atoms with Gasteiger partial charge in [0.1, 0.15) is 6.61 Å². The molecule has 7 nitrogen and oxygen atoms in total. The van der Waals surface area contributed by atoms with Gasteiger partial charge in [0.15, 0.2) is 17.3 Å². The minimum absolute atomic E-state index is 0.0203. The number of ether oxygens (including phenoxy) is 3. The first-order valence-corrected chi connectivity index (χ1v) is 11.0. The number of carbonyl (C=O) groups excluding carboxylic acids is 2. The van der Waals surface area contributed by atoms with Gasteiger partial charge in [-0.3, -0.25) is 4.79 Å². The first-order valence-electron chi connectivity index (χ1n) is 11.0. The summed E-state index contributed by atoms with van der Waals surface area (Å²) < 4.78 is 16.8. The summed E-state index contributed by atoms with van der Waals surface area (Å²) in [7, 11) is 0. The Labute approximate surface area is 182 Å². The Kier molecular flexibility index (Phi) is 6.32. The van der Waals surface area contributed by atoms with Gasteiger partial charge in [0.2, 0.25) is 0 Å². The molecule has 4 rings (SSSR count). The summed E-state index contributed by atoms with van der Waals surface area (Å²) in [5, 5.41) is 13.4. The van der Waals surface area contributed by atoms with Crippen LogP contribution in [-0.2, 0) is 19.1 Å². The summed E-state index contributed by atoms with van der Waals surface area (Å²) in [6.45, 7) is 4.94. The molecule has 0 bridgehead atoms. The first-order chi connectivity index (χ1) is 15.0. The van der Waals surface area contributed by atoms with Crippen LogP contribution in [0.5, 0.6) is 11.5 Å². The Morgan fingerprint density at radius 3 is 2.87 bits per heavy atom. The standard InChI is InChI=1S/C24H29NO6/c1-3-29-20-12-15(9-10-18(20)26)22-21(24(28)31-13-16-6-5-11-30-16)14(2)25-17-7-4-8-19(27)23(17)22/h9-10,12,16,22,25-26H,3-8,11,13H2,1-2H3/t16-,22-/m0/s1. The Bertz CT molecular complexity index is 941. The van der Waals surface area contributed by atoms with E-state index in [0.29, 0.717) is 47.8 Å². The molecule has 0 aromatic heterocycles. The summed E-state index contributed by atoms with van der Waals surface area (Å²) in [6.07, 6.45) is 3.74. The lowest BCUT2D eigenvalue weighted by Gasteiger charge is -2.34. The van der Waals surface area contributed by atoms with Crippen molar-refractivity contribution < 1.29 is 28.9 Å². The molecular formula is C24H29NO6. The molecule has 2 atom stereocenters. The summed E-state index contributed by atoms with van der Waals surface area (Å²) in [6, 6.07) is 4.99. The molecule has 1 aromatic rings. The van der Waals surface area contributed by atoms with E-state index in [-0.39, 0.29) is 24.2 Å². The van der Waals surface area contributed by atoms with Crippen LogP contribution in [0, 0.1) is 0 Å². The van der Waals surface area contributed by atoms with Gasteiger partial charge in [0.25, 0.3) is 0 Å². The maximum absolute atomic E-state index is 13.2. The van der Waals surface area contributed by atoms with E-state index in [2.05, 4.69) is 5.32 Å². The Hall–Kier alpha value is -2.80. The molecule has 1 aromatic carbocycles. The van der Waals surface area contributed by atoms with Gasteiger partial charge in [-0.2, -0.15) is 0 Å². The van der Waals surface area contributed by atoms with Crippen LogP contribution in [0.4, 0.5) is 0 Å². The number of benzene rings is 1. The zero-order valence-corrected chi connectivity index (χ0v) is 18.0. The molecular weight excluding hydrogens is 398 g/mol. The highest BCUT2D eigenvalue weighted by Crippen LogP contribution is 2.44. The second kappa shape index (κ2) is 9.14. The maximum Gasteiger partial charge on any atom is 0.336 e. The number of phenolic OH excluding ortho intramolecular Hbond substituents is 1. The molecule has 1 saturated heterocycles. The van der Waals surface area contributed by atoms with E-state index in [1.54, 1.807) is 18.2 Å². The number of phenols is 1. The predicted octanol–water partition coefficient (Wildman–Crippen LogP) is 3.48. The average Bonchev–Trinajstić information content (AvgIpc) is 3.27. The highest BCUT2D eigenvalue weighted by molar-refractivity contribution is 6.03. The third-order valence-corrected chi connectivity index (χ3v) is 6.04. The van der Waals surface area contributed by atoms with Crippen molar-refractivity contribution in [2.24, 2.45) is 0 Å². The van der Waals surface area contributed by atoms with Crippen LogP contribution in [0.1, 0.15) is 57.4 Å². The Morgan fingerprint density at radius 2 is 2.13 bits per heavy atom. The fourth-order valence-corrected chi connectivity index (χ4v) is 4.59. The second-order valence-corrected chi connectivity index (χ2v) is 8.16. The smallest absolute Gasteiger partial charge is 0.336 e. The molecule has 31 heavy (non-hydrogen) atoms. The minimum atomic E-state index is -0.569. The van der Waals surface area contributed by atoms with E-state index in [0.717, 1.165) is 31.4 Å². The summed E-state index contributed by atoms with van der Waals surface area (Å²) >= 11 is 0. The molecule has 2 N–H and O–H groups in total. The molecule has 166 valence electrons.